The van der Waals surface area contributed by atoms with E-state index in [1.807, 2.05) is 20.8 Å². The van der Waals surface area contributed by atoms with E-state index in [1.54, 1.807) is 0 Å². The summed E-state index contributed by atoms with van der Waals surface area (Å²) in [7, 11) is 3.08. The van der Waals surface area contributed by atoms with E-state index in [0.29, 0.717) is 26.1 Å². The maximum atomic E-state index is 5.65. The molecule has 0 saturated carbocycles. The largest absolute Gasteiger partial charge is 0.500 e. The molecule has 0 aliphatic carbocycles. The van der Waals surface area contributed by atoms with Gasteiger partial charge in [-0.25, -0.2) is 0 Å². The number of rotatable bonds is 9. The molecule has 3 nitrogen and oxygen atoms in total. The van der Waals surface area contributed by atoms with Crippen LogP contribution in [0.3, 0.4) is 0 Å². The third-order valence-corrected chi connectivity index (χ3v) is 4.93. The summed E-state index contributed by atoms with van der Waals surface area (Å²) in [5.74, 6) is 0. The van der Waals surface area contributed by atoms with Crippen molar-refractivity contribution in [3.63, 3.8) is 0 Å². The molecule has 0 fully saturated rings. The molecule has 0 N–H and O–H groups in total. The Kier molecular flexibility index (Phi) is 8.57. The standard InChI is InChI=1S/C9H21BO3Si/c1-4-11-14(12-5-2,13-6-3)9-7-8-10/h4-9H2,1-3H3. The zero-order valence-corrected chi connectivity index (χ0v) is 10.5. The second kappa shape index (κ2) is 8.47. The molecule has 0 atom stereocenters. The lowest BCUT2D eigenvalue weighted by molar-refractivity contribution is 0.0712. The summed E-state index contributed by atoms with van der Waals surface area (Å²) in [6.07, 6.45) is 1.55. The van der Waals surface area contributed by atoms with Crippen molar-refractivity contribution in [3.8, 4) is 0 Å². The fourth-order valence-electron chi connectivity index (χ4n) is 1.32. The van der Waals surface area contributed by atoms with Gasteiger partial charge in [-0.1, -0.05) is 12.7 Å². The summed E-state index contributed by atoms with van der Waals surface area (Å²) < 4.78 is 17.0. The van der Waals surface area contributed by atoms with Gasteiger partial charge >= 0.3 is 8.80 Å². The monoisotopic (exact) mass is 216 g/mol. The summed E-state index contributed by atoms with van der Waals surface area (Å²) in [5, 5.41) is 0. The zero-order chi connectivity index (χ0) is 10.9. The lowest BCUT2D eigenvalue weighted by Gasteiger charge is -2.28. The third kappa shape index (κ3) is 5.14. The summed E-state index contributed by atoms with van der Waals surface area (Å²) in [6.45, 7) is 7.79. The van der Waals surface area contributed by atoms with Crippen LogP contribution in [-0.2, 0) is 13.3 Å². The maximum absolute atomic E-state index is 5.65. The van der Waals surface area contributed by atoms with Gasteiger partial charge in [-0.15, -0.1) is 0 Å². The molecule has 0 heterocycles. The lowest BCUT2D eigenvalue weighted by Crippen LogP contribution is -2.45. The van der Waals surface area contributed by atoms with Gasteiger partial charge in [-0.2, -0.15) is 0 Å². The number of hydrogen-bond acceptors (Lipinski definition) is 3. The van der Waals surface area contributed by atoms with Crippen molar-refractivity contribution in [2.75, 3.05) is 19.8 Å². The van der Waals surface area contributed by atoms with E-state index in [9.17, 15) is 0 Å². The molecule has 0 unspecified atom stereocenters. The predicted octanol–water partition coefficient (Wildman–Crippen LogP) is 2.01. The topological polar surface area (TPSA) is 27.7 Å². The minimum Gasteiger partial charge on any atom is -0.374 e. The second-order valence-electron chi connectivity index (χ2n) is 2.87. The van der Waals surface area contributed by atoms with Gasteiger partial charge in [-0.3, -0.25) is 0 Å². The molecule has 2 radical (unpaired) electrons. The Morgan fingerprint density at radius 1 is 0.929 bits per heavy atom. The molecule has 0 saturated heterocycles. The van der Waals surface area contributed by atoms with E-state index in [4.69, 9.17) is 21.1 Å². The van der Waals surface area contributed by atoms with Crippen LogP contribution in [0.4, 0.5) is 0 Å². The van der Waals surface area contributed by atoms with Crippen LogP contribution in [0.1, 0.15) is 27.2 Å². The van der Waals surface area contributed by atoms with E-state index in [2.05, 4.69) is 0 Å². The molecule has 0 aliphatic rings. The first-order valence-electron chi connectivity index (χ1n) is 5.36. The van der Waals surface area contributed by atoms with Gasteiger partial charge < -0.3 is 13.3 Å². The maximum Gasteiger partial charge on any atom is 0.500 e. The molecular formula is C9H21BO3Si. The number of hydrogen-bond donors (Lipinski definition) is 0. The van der Waals surface area contributed by atoms with Gasteiger partial charge in [0.2, 0.25) is 0 Å². The predicted molar refractivity (Wildman–Crippen MR) is 60.6 cm³/mol. The van der Waals surface area contributed by atoms with Crippen LogP contribution in [0.5, 0.6) is 0 Å². The molecule has 14 heavy (non-hydrogen) atoms. The minimum atomic E-state index is -2.40. The summed E-state index contributed by atoms with van der Waals surface area (Å²) in [4.78, 5) is 0. The molecule has 0 aromatic rings. The SMILES string of the molecule is [B]CCC[Si](OCC)(OCC)OCC. The van der Waals surface area contributed by atoms with Crippen LogP contribution >= 0.6 is 0 Å². The molecule has 0 aromatic heterocycles. The fourth-order valence-corrected chi connectivity index (χ4v) is 3.96. The molecule has 0 spiro atoms. The first kappa shape index (κ1) is 14.2. The van der Waals surface area contributed by atoms with E-state index in [1.165, 1.54) is 0 Å². The molecule has 82 valence electrons. The Bertz CT molecular complexity index is 118. The fraction of sp³-hybridized carbons (Fsp3) is 1.00. The van der Waals surface area contributed by atoms with Crippen molar-refractivity contribution in [2.45, 2.75) is 39.6 Å². The molecule has 0 amide bonds. The van der Waals surface area contributed by atoms with E-state index in [-0.39, 0.29) is 0 Å². The molecule has 0 rings (SSSR count). The second-order valence-corrected chi connectivity index (χ2v) is 5.61. The average molecular weight is 216 g/mol. The molecular weight excluding hydrogens is 195 g/mol. The van der Waals surface area contributed by atoms with Crippen LogP contribution in [0, 0.1) is 0 Å². The lowest BCUT2D eigenvalue weighted by atomic mass is 10.0. The van der Waals surface area contributed by atoms with Gasteiger partial charge in [-0.05, 0) is 20.8 Å². The highest BCUT2D eigenvalue weighted by Gasteiger charge is 2.39. The van der Waals surface area contributed by atoms with Crippen LogP contribution in [0.25, 0.3) is 0 Å². The van der Waals surface area contributed by atoms with Crippen molar-refractivity contribution in [1.29, 1.82) is 0 Å². The quantitative estimate of drug-likeness (QED) is 0.552. The van der Waals surface area contributed by atoms with Gasteiger partial charge in [0.15, 0.2) is 0 Å². The highest BCUT2D eigenvalue weighted by Crippen LogP contribution is 2.18. The van der Waals surface area contributed by atoms with Gasteiger partial charge in [0.1, 0.15) is 0 Å². The smallest absolute Gasteiger partial charge is 0.374 e. The van der Waals surface area contributed by atoms with Crippen molar-refractivity contribution in [2.24, 2.45) is 0 Å². The van der Waals surface area contributed by atoms with Crippen molar-refractivity contribution < 1.29 is 13.3 Å². The zero-order valence-electron chi connectivity index (χ0n) is 9.54. The van der Waals surface area contributed by atoms with Crippen LogP contribution in [-0.4, -0.2) is 36.5 Å². The van der Waals surface area contributed by atoms with Gasteiger partial charge in [0, 0.05) is 25.9 Å². The summed E-state index contributed by atoms with van der Waals surface area (Å²) >= 11 is 0. The van der Waals surface area contributed by atoms with Crippen LogP contribution < -0.4 is 0 Å². The molecule has 0 aliphatic heterocycles. The van der Waals surface area contributed by atoms with E-state index < -0.39 is 8.80 Å². The van der Waals surface area contributed by atoms with E-state index >= 15 is 0 Å². The molecule has 0 aromatic carbocycles. The van der Waals surface area contributed by atoms with Gasteiger partial charge in [0.05, 0.1) is 7.85 Å². The van der Waals surface area contributed by atoms with Crippen LogP contribution in [0.15, 0.2) is 0 Å². The normalized spacial score (nSPS) is 11.9. The van der Waals surface area contributed by atoms with Crippen LogP contribution in [0.2, 0.25) is 12.4 Å². The van der Waals surface area contributed by atoms with Crippen molar-refractivity contribution in [3.05, 3.63) is 0 Å². The summed E-state index contributed by atoms with van der Waals surface area (Å²) in [5.41, 5.74) is 0. The highest BCUT2D eigenvalue weighted by atomic mass is 28.4. The molecule has 0 bridgehead atoms. The third-order valence-electron chi connectivity index (χ3n) is 1.78. The average Bonchev–Trinajstić information content (AvgIpc) is 2.16. The Morgan fingerprint density at radius 3 is 1.64 bits per heavy atom. The van der Waals surface area contributed by atoms with Gasteiger partial charge in [0.25, 0.3) is 0 Å². The summed E-state index contributed by atoms with van der Waals surface area (Å²) in [6, 6.07) is 0.818. The minimum absolute atomic E-state index is 0.636. The Hall–Kier alpha value is 0.162. The molecule has 5 heteroatoms. The first-order chi connectivity index (χ1) is 6.74. The van der Waals surface area contributed by atoms with E-state index in [0.717, 1.165) is 12.5 Å². The Labute approximate surface area is 89.9 Å². The first-order valence-corrected chi connectivity index (χ1v) is 7.29. The Morgan fingerprint density at radius 2 is 1.36 bits per heavy atom. The Balaban J connectivity index is 4.21. The van der Waals surface area contributed by atoms with Crippen molar-refractivity contribution >= 4 is 16.7 Å². The highest BCUT2D eigenvalue weighted by molar-refractivity contribution is 6.60. The van der Waals surface area contributed by atoms with Crippen molar-refractivity contribution in [1.82, 2.24) is 0 Å².